The maximum Gasteiger partial charge on any atom is 0.223 e. The quantitative estimate of drug-likeness (QED) is 0.771. The van der Waals surface area contributed by atoms with Gasteiger partial charge in [-0.3, -0.25) is 9.89 Å². The maximum absolute atomic E-state index is 12.3. The Bertz CT molecular complexity index is 705. The zero-order valence-electron chi connectivity index (χ0n) is 15.6. The first-order valence-electron chi connectivity index (χ1n) is 8.45. The molecule has 2 rings (SSSR count). The van der Waals surface area contributed by atoms with Crippen molar-refractivity contribution in [2.45, 2.75) is 33.6 Å². The van der Waals surface area contributed by atoms with Crippen molar-refractivity contribution in [3.63, 3.8) is 0 Å². The lowest BCUT2D eigenvalue weighted by Crippen LogP contribution is -2.32. The van der Waals surface area contributed by atoms with Gasteiger partial charge in [0, 0.05) is 18.2 Å². The van der Waals surface area contributed by atoms with Gasteiger partial charge in [0.2, 0.25) is 5.91 Å². The first-order valence-corrected chi connectivity index (χ1v) is 8.45. The maximum atomic E-state index is 12.3. The fourth-order valence-corrected chi connectivity index (χ4v) is 2.88. The summed E-state index contributed by atoms with van der Waals surface area (Å²) in [6, 6.07) is 5.74. The number of ether oxygens (including phenoxy) is 2. The molecule has 0 aliphatic rings. The van der Waals surface area contributed by atoms with Crippen LogP contribution in [0.1, 0.15) is 29.4 Å². The van der Waals surface area contributed by atoms with Gasteiger partial charge in [-0.2, -0.15) is 5.10 Å². The Morgan fingerprint density at radius 3 is 2.56 bits per heavy atom. The number of methoxy groups -OCH3 is 2. The fraction of sp³-hybridized carbons (Fsp3) is 0.474. The van der Waals surface area contributed by atoms with Crippen molar-refractivity contribution in [3.8, 4) is 11.5 Å². The molecule has 1 unspecified atom stereocenters. The summed E-state index contributed by atoms with van der Waals surface area (Å²) in [5, 5.41) is 10.2. The van der Waals surface area contributed by atoms with Crippen LogP contribution in [0.15, 0.2) is 18.2 Å². The number of aromatic nitrogens is 2. The summed E-state index contributed by atoms with van der Waals surface area (Å²) >= 11 is 0. The molecule has 0 saturated carbocycles. The molecule has 6 nitrogen and oxygen atoms in total. The molecule has 0 radical (unpaired) electrons. The number of aromatic amines is 1. The molecule has 1 heterocycles. The first kappa shape index (κ1) is 18.8. The molecule has 1 amide bonds. The van der Waals surface area contributed by atoms with E-state index in [4.69, 9.17) is 9.47 Å². The summed E-state index contributed by atoms with van der Waals surface area (Å²) in [6.07, 6.45) is 1.43. The van der Waals surface area contributed by atoms with Crippen molar-refractivity contribution >= 4 is 5.91 Å². The summed E-state index contributed by atoms with van der Waals surface area (Å²) in [4.78, 5) is 12.3. The Balaban J connectivity index is 1.88. The Hall–Kier alpha value is -2.50. The average Bonchev–Trinajstić information content (AvgIpc) is 2.93. The molecule has 6 heteroatoms. The molecule has 136 valence electrons. The summed E-state index contributed by atoms with van der Waals surface area (Å²) in [7, 11) is 3.22. The molecule has 1 aromatic heterocycles. The SMILES string of the molecule is COc1ccc(CC(C)C(=O)NCCc2c(C)n[nH]c2C)cc1OC. The normalized spacial score (nSPS) is 11.9. The number of aryl methyl sites for hydroxylation is 2. The van der Waals surface area contributed by atoms with Gasteiger partial charge in [0.1, 0.15) is 0 Å². The number of nitrogens with one attached hydrogen (secondary N) is 2. The van der Waals surface area contributed by atoms with Crippen LogP contribution in [-0.2, 0) is 17.6 Å². The van der Waals surface area contributed by atoms with E-state index in [-0.39, 0.29) is 11.8 Å². The van der Waals surface area contributed by atoms with Crippen LogP contribution in [-0.4, -0.2) is 36.9 Å². The molecule has 0 spiro atoms. The fourth-order valence-electron chi connectivity index (χ4n) is 2.88. The van der Waals surface area contributed by atoms with E-state index in [2.05, 4.69) is 15.5 Å². The Labute approximate surface area is 148 Å². The third-order valence-electron chi connectivity index (χ3n) is 4.39. The molecule has 0 aliphatic carbocycles. The minimum atomic E-state index is -0.121. The average molecular weight is 345 g/mol. The van der Waals surface area contributed by atoms with E-state index < -0.39 is 0 Å². The number of hydrogen-bond acceptors (Lipinski definition) is 4. The minimum absolute atomic E-state index is 0.0496. The van der Waals surface area contributed by atoms with Crippen molar-refractivity contribution in [2.24, 2.45) is 5.92 Å². The summed E-state index contributed by atoms with van der Waals surface area (Å²) in [6.45, 7) is 6.51. The zero-order valence-corrected chi connectivity index (χ0v) is 15.6. The second-order valence-electron chi connectivity index (χ2n) is 6.25. The van der Waals surface area contributed by atoms with Crippen LogP contribution in [0, 0.1) is 19.8 Å². The molecule has 2 N–H and O–H groups in total. The van der Waals surface area contributed by atoms with Crippen LogP contribution in [0.25, 0.3) is 0 Å². The molecule has 2 aromatic rings. The first-order chi connectivity index (χ1) is 12.0. The molecule has 0 aliphatic heterocycles. The van der Waals surface area contributed by atoms with Crippen LogP contribution in [0.3, 0.4) is 0 Å². The van der Waals surface area contributed by atoms with E-state index in [1.54, 1.807) is 14.2 Å². The van der Waals surface area contributed by atoms with Crippen LogP contribution in [0.4, 0.5) is 0 Å². The van der Waals surface area contributed by atoms with E-state index in [9.17, 15) is 4.79 Å². The summed E-state index contributed by atoms with van der Waals surface area (Å²) in [5.41, 5.74) is 4.27. The van der Waals surface area contributed by atoms with Gasteiger partial charge < -0.3 is 14.8 Å². The largest absolute Gasteiger partial charge is 0.493 e. The van der Waals surface area contributed by atoms with Crippen molar-refractivity contribution < 1.29 is 14.3 Å². The smallest absolute Gasteiger partial charge is 0.223 e. The van der Waals surface area contributed by atoms with Crippen LogP contribution >= 0.6 is 0 Å². The van der Waals surface area contributed by atoms with Gasteiger partial charge in [-0.15, -0.1) is 0 Å². The van der Waals surface area contributed by atoms with Crippen LogP contribution in [0.5, 0.6) is 11.5 Å². The minimum Gasteiger partial charge on any atom is -0.493 e. The number of H-pyrrole nitrogens is 1. The van der Waals surface area contributed by atoms with Crippen molar-refractivity contribution in [1.29, 1.82) is 0 Å². The van der Waals surface area contributed by atoms with Crippen LogP contribution in [0.2, 0.25) is 0 Å². The number of carbonyl (C=O) groups excluding carboxylic acids is 1. The highest BCUT2D eigenvalue weighted by atomic mass is 16.5. The highest BCUT2D eigenvalue weighted by Gasteiger charge is 2.15. The number of nitrogens with zero attached hydrogens (tertiary/aromatic N) is 1. The molecule has 25 heavy (non-hydrogen) atoms. The number of benzene rings is 1. The lowest BCUT2D eigenvalue weighted by Gasteiger charge is -2.14. The van der Waals surface area contributed by atoms with Crippen LogP contribution < -0.4 is 14.8 Å². The Kier molecular flexibility index (Phi) is 6.44. The van der Waals surface area contributed by atoms with Gasteiger partial charge in [-0.1, -0.05) is 13.0 Å². The number of hydrogen-bond donors (Lipinski definition) is 2. The van der Waals surface area contributed by atoms with E-state index in [0.717, 1.165) is 23.4 Å². The Morgan fingerprint density at radius 1 is 1.24 bits per heavy atom. The van der Waals surface area contributed by atoms with Crippen molar-refractivity contribution in [1.82, 2.24) is 15.5 Å². The molecular weight excluding hydrogens is 318 g/mol. The second-order valence-corrected chi connectivity index (χ2v) is 6.25. The lowest BCUT2D eigenvalue weighted by molar-refractivity contribution is -0.124. The van der Waals surface area contributed by atoms with Crippen molar-refractivity contribution in [3.05, 3.63) is 40.7 Å². The predicted octanol–water partition coefficient (Wildman–Crippen LogP) is 2.58. The topological polar surface area (TPSA) is 76.2 Å². The van der Waals surface area contributed by atoms with Gasteiger partial charge in [-0.25, -0.2) is 0 Å². The van der Waals surface area contributed by atoms with Gasteiger partial charge in [0.05, 0.1) is 19.9 Å². The zero-order chi connectivity index (χ0) is 18.4. The highest BCUT2D eigenvalue weighted by molar-refractivity contribution is 5.78. The van der Waals surface area contributed by atoms with E-state index >= 15 is 0 Å². The monoisotopic (exact) mass is 345 g/mol. The molecule has 1 atom stereocenters. The summed E-state index contributed by atoms with van der Waals surface area (Å²) in [5.74, 6) is 1.30. The number of amides is 1. The molecule has 0 bridgehead atoms. The molecule has 0 saturated heterocycles. The molecule has 0 fully saturated rings. The molecular formula is C19H27N3O3. The Morgan fingerprint density at radius 2 is 1.96 bits per heavy atom. The standard InChI is InChI=1S/C19H27N3O3/c1-12(10-15-6-7-17(24-4)18(11-15)25-5)19(23)20-9-8-16-13(2)21-22-14(16)3/h6-7,11-12H,8-10H2,1-5H3,(H,20,23)(H,21,22). The van der Waals surface area contributed by atoms with Gasteiger partial charge in [0.25, 0.3) is 0 Å². The van der Waals surface area contributed by atoms with Crippen molar-refractivity contribution in [2.75, 3.05) is 20.8 Å². The third kappa shape index (κ3) is 4.75. The predicted molar refractivity (Wildman–Crippen MR) is 97.2 cm³/mol. The number of rotatable bonds is 8. The van der Waals surface area contributed by atoms with E-state index in [1.807, 2.05) is 39.0 Å². The lowest BCUT2D eigenvalue weighted by atomic mass is 10.00. The number of carbonyl (C=O) groups is 1. The van der Waals surface area contributed by atoms with E-state index in [1.165, 1.54) is 5.56 Å². The van der Waals surface area contributed by atoms with Gasteiger partial charge in [0.15, 0.2) is 11.5 Å². The molecule has 1 aromatic carbocycles. The second kappa shape index (κ2) is 8.55. The summed E-state index contributed by atoms with van der Waals surface area (Å²) < 4.78 is 10.6. The highest BCUT2D eigenvalue weighted by Crippen LogP contribution is 2.28. The van der Waals surface area contributed by atoms with E-state index in [0.29, 0.717) is 24.5 Å². The van der Waals surface area contributed by atoms with Gasteiger partial charge in [-0.05, 0) is 49.9 Å². The third-order valence-corrected chi connectivity index (χ3v) is 4.39. The van der Waals surface area contributed by atoms with Gasteiger partial charge >= 0.3 is 0 Å².